The molecule has 1 N–H and O–H groups in total. The van der Waals surface area contributed by atoms with Crippen molar-refractivity contribution in [2.75, 3.05) is 0 Å². The Kier molecular flexibility index (Phi) is 1.82. The van der Waals surface area contributed by atoms with Crippen LogP contribution in [0.15, 0.2) is 30.5 Å². The van der Waals surface area contributed by atoms with E-state index in [2.05, 4.69) is 56.1 Å². The number of aromatic amines is 1. The molecule has 1 atom stereocenters. The number of aromatic nitrogens is 1. The third-order valence-electron chi connectivity index (χ3n) is 4.05. The van der Waals surface area contributed by atoms with Gasteiger partial charge in [-0.05, 0) is 34.6 Å². The summed E-state index contributed by atoms with van der Waals surface area (Å²) in [6, 6.07) is 6.58. The van der Waals surface area contributed by atoms with Crippen molar-refractivity contribution in [3.8, 4) is 0 Å². The van der Waals surface area contributed by atoms with E-state index in [1.165, 1.54) is 22.0 Å². The van der Waals surface area contributed by atoms with Crippen molar-refractivity contribution in [2.24, 2.45) is 5.41 Å². The minimum Gasteiger partial charge on any atom is -0.361 e. The van der Waals surface area contributed by atoms with Gasteiger partial charge in [0.25, 0.3) is 0 Å². The van der Waals surface area contributed by atoms with Gasteiger partial charge in [-0.1, -0.05) is 39.0 Å². The van der Waals surface area contributed by atoms with E-state index in [0.717, 1.165) is 0 Å². The summed E-state index contributed by atoms with van der Waals surface area (Å²) in [6.45, 7) is 6.94. The second-order valence-electron chi connectivity index (χ2n) is 5.38. The van der Waals surface area contributed by atoms with Crippen molar-refractivity contribution >= 4 is 17.0 Å². The maximum Gasteiger partial charge on any atom is 0.0457 e. The number of hydrogen-bond donors (Lipinski definition) is 1. The van der Waals surface area contributed by atoms with Gasteiger partial charge < -0.3 is 4.98 Å². The van der Waals surface area contributed by atoms with Gasteiger partial charge in [-0.25, -0.2) is 0 Å². The van der Waals surface area contributed by atoms with Crippen LogP contribution in [0.5, 0.6) is 0 Å². The average Bonchev–Trinajstić information content (AvgIpc) is 2.71. The Morgan fingerprint density at radius 3 is 2.81 bits per heavy atom. The molecule has 2 aromatic rings. The first-order valence-electron chi connectivity index (χ1n) is 5.89. The molecule has 1 nitrogen and oxygen atoms in total. The predicted octanol–water partition coefficient (Wildman–Crippen LogP) is 4.32. The third-order valence-corrected chi connectivity index (χ3v) is 4.05. The Bertz CT molecular complexity index is 572. The van der Waals surface area contributed by atoms with E-state index in [1.807, 2.05) is 6.20 Å². The summed E-state index contributed by atoms with van der Waals surface area (Å²) in [4.78, 5) is 3.29. The monoisotopic (exact) mass is 211 g/mol. The second kappa shape index (κ2) is 3.00. The number of H-pyrrole nitrogens is 1. The lowest BCUT2D eigenvalue weighted by molar-refractivity contribution is 0.394. The lowest BCUT2D eigenvalue weighted by atomic mass is 9.70. The first-order chi connectivity index (χ1) is 7.59. The van der Waals surface area contributed by atoms with E-state index < -0.39 is 0 Å². The van der Waals surface area contributed by atoms with Gasteiger partial charge in [-0.3, -0.25) is 0 Å². The molecule has 0 radical (unpaired) electrons. The molecular formula is C15H17N. The van der Waals surface area contributed by atoms with Gasteiger partial charge in [0.1, 0.15) is 0 Å². The Morgan fingerprint density at radius 1 is 1.19 bits per heavy atom. The Balaban J connectivity index is 2.36. The fourth-order valence-corrected chi connectivity index (χ4v) is 2.62. The Hall–Kier alpha value is -1.50. The molecular weight excluding hydrogens is 194 g/mol. The quantitative estimate of drug-likeness (QED) is 0.667. The summed E-state index contributed by atoms with van der Waals surface area (Å²) in [5.74, 6) is 0.562. The number of hydrogen-bond acceptors (Lipinski definition) is 0. The highest BCUT2D eigenvalue weighted by molar-refractivity contribution is 5.88. The summed E-state index contributed by atoms with van der Waals surface area (Å²) in [5.41, 5.74) is 4.36. The van der Waals surface area contributed by atoms with E-state index in [4.69, 9.17) is 0 Å². The molecule has 1 aromatic heterocycles. The first kappa shape index (κ1) is 9.71. The second-order valence-corrected chi connectivity index (χ2v) is 5.38. The van der Waals surface area contributed by atoms with Crippen molar-refractivity contribution in [3.63, 3.8) is 0 Å². The summed E-state index contributed by atoms with van der Waals surface area (Å²) >= 11 is 0. The van der Waals surface area contributed by atoms with Gasteiger partial charge in [-0.15, -0.1) is 0 Å². The van der Waals surface area contributed by atoms with Crippen LogP contribution in [-0.4, -0.2) is 4.98 Å². The van der Waals surface area contributed by atoms with Gasteiger partial charge in [0.15, 0.2) is 0 Å². The van der Waals surface area contributed by atoms with Crippen LogP contribution < -0.4 is 0 Å². The molecule has 16 heavy (non-hydrogen) atoms. The highest BCUT2D eigenvalue weighted by atomic mass is 14.7. The molecule has 1 aliphatic rings. The van der Waals surface area contributed by atoms with Gasteiger partial charge in [0.2, 0.25) is 0 Å². The van der Waals surface area contributed by atoms with Crippen molar-refractivity contribution in [1.82, 2.24) is 4.98 Å². The Labute approximate surface area is 96.2 Å². The predicted molar refractivity (Wildman–Crippen MR) is 69.5 cm³/mol. The maximum absolute atomic E-state index is 3.29. The normalized spacial score (nSPS) is 22.3. The lowest BCUT2D eigenvalue weighted by Gasteiger charge is -2.34. The number of nitrogens with one attached hydrogen (secondary N) is 1. The highest BCUT2D eigenvalue weighted by Crippen LogP contribution is 2.44. The van der Waals surface area contributed by atoms with Crippen LogP contribution in [0.1, 0.15) is 37.8 Å². The summed E-state index contributed by atoms with van der Waals surface area (Å²) in [6.07, 6.45) is 6.63. The van der Waals surface area contributed by atoms with E-state index in [0.29, 0.717) is 5.92 Å². The zero-order valence-corrected chi connectivity index (χ0v) is 10.0. The molecule has 0 bridgehead atoms. The van der Waals surface area contributed by atoms with Crippen molar-refractivity contribution < 1.29 is 0 Å². The molecule has 1 unspecified atom stereocenters. The van der Waals surface area contributed by atoms with Crippen LogP contribution in [0.4, 0.5) is 0 Å². The smallest absolute Gasteiger partial charge is 0.0457 e. The van der Waals surface area contributed by atoms with E-state index in [9.17, 15) is 0 Å². The van der Waals surface area contributed by atoms with Crippen LogP contribution in [0, 0.1) is 5.41 Å². The zero-order chi connectivity index (χ0) is 11.3. The van der Waals surface area contributed by atoms with E-state index >= 15 is 0 Å². The van der Waals surface area contributed by atoms with Crippen LogP contribution in [0.2, 0.25) is 0 Å². The molecule has 0 spiro atoms. The third kappa shape index (κ3) is 1.18. The topological polar surface area (TPSA) is 15.8 Å². The molecule has 82 valence electrons. The fourth-order valence-electron chi connectivity index (χ4n) is 2.62. The molecule has 0 fully saturated rings. The number of benzene rings is 1. The van der Waals surface area contributed by atoms with Crippen molar-refractivity contribution in [3.05, 3.63) is 41.6 Å². The molecule has 1 aliphatic carbocycles. The van der Waals surface area contributed by atoms with Gasteiger partial charge in [0, 0.05) is 17.1 Å². The zero-order valence-electron chi connectivity index (χ0n) is 10.0. The molecule has 0 aliphatic heterocycles. The summed E-state index contributed by atoms with van der Waals surface area (Å²) in [7, 11) is 0. The van der Waals surface area contributed by atoms with Gasteiger partial charge in [-0.2, -0.15) is 0 Å². The van der Waals surface area contributed by atoms with E-state index in [-0.39, 0.29) is 5.41 Å². The van der Waals surface area contributed by atoms with Crippen molar-refractivity contribution in [1.29, 1.82) is 0 Å². The molecule has 3 rings (SSSR count). The highest BCUT2D eigenvalue weighted by Gasteiger charge is 2.30. The van der Waals surface area contributed by atoms with Gasteiger partial charge >= 0.3 is 0 Å². The van der Waals surface area contributed by atoms with Crippen LogP contribution in [-0.2, 0) is 0 Å². The van der Waals surface area contributed by atoms with Crippen molar-refractivity contribution in [2.45, 2.75) is 26.7 Å². The van der Waals surface area contributed by atoms with Crippen LogP contribution in [0.25, 0.3) is 17.0 Å². The molecule has 1 heterocycles. The molecule has 0 saturated heterocycles. The summed E-state index contributed by atoms with van der Waals surface area (Å²) in [5, 5.41) is 1.38. The SMILES string of the molecule is CC1c2c(ccc3[nH]ccc23)C=CC1(C)C. The van der Waals surface area contributed by atoms with Crippen LogP contribution >= 0.6 is 0 Å². The molecule has 1 aromatic carbocycles. The first-order valence-corrected chi connectivity index (χ1v) is 5.89. The van der Waals surface area contributed by atoms with Crippen LogP contribution in [0.3, 0.4) is 0 Å². The molecule has 1 heteroatoms. The summed E-state index contributed by atoms with van der Waals surface area (Å²) < 4.78 is 0. The minimum absolute atomic E-state index is 0.249. The number of fused-ring (bicyclic) bond motifs is 3. The van der Waals surface area contributed by atoms with E-state index in [1.54, 1.807) is 0 Å². The number of rotatable bonds is 0. The minimum atomic E-state index is 0.249. The van der Waals surface area contributed by atoms with Gasteiger partial charge in [0.05, 0.1) is 0 Å². The largest absolute Gasteiger partial charge is 0.361 e. The molecule has 0 saturated carbocycles. The maximum atomic E-state index is 3.29. The Morgan fingerprint density at radius 2 is 2.00 bits per heavy atom. The standard InChI is InChI=1S/C15H17N/c1-10-14-11(6-8-15(10,2)3)4-5-13-12(14)7-9-16-13/h4-10,16H,1-3H3. The average molecular weight is 211 g/mol. The molecule has 0 amide bonds. The number of allylic oxidation sites excluding steroid dienone is 1. The lowest BCUT2D eigenvalue weighted by Crippen LogP contribution is -2.20. The fraction of sp³-hybridized carbons (Fsp3) is 0.333.